The number of nitrogens with one attached hydrogen (secondary N) is 2. The summed E-state index contributed by atoms with van der Waals surface area (Å²) in [4.78, 5) is 30.5. The Morgan fingerprint density at radius 3 is 1.28 bits per heavy atom. The van der Waals surface area contributed by atoms with Crippen LogP contribution in [0.4, 0.5) is 11.4 Å². The first-order chi connectivity index (χ1) is 17.7. The van der Waals surface area contributed by atoms with Crippen LogP contribution in [-0.4, -0.2) is 34.7 Å². The summed E-state index contributed by atoms with van der Waals surface area (Å²) in [5.74, 6) is -0.0634. The summed E-state index contributed by atoms with van der Waals surface area (Å²) in [5.41, 5.74) is 5.15. The van der Waals surface area contributed by atoms with Crippen molar-refractivity contribution in [2.45, 2.75) is 12.3 Å². The Bertz CT molecular complexity index is 1300. The van der Waals surface area contributed by atoms with Gasteiger partial charge >= 0.3 is 0 Å². The lowest BCUT2D eigenvalue weighted by atomic mass is 10.1. The van der Waals surface area contributed by atoms with Crippen molar-refractivity contribution in [2.24, 2.45) is 0 Å². The van der Waals surface area contributed by atoms with Crippen molar-refractivity contribution in [3.8, 4) is 0 Å². The fraction of sp³-hybridized carbons (Fsp3) is 0.133. The zero-order valence-electron chi connectivity index (χ0n) is 19.7. The maximum absolute atomic E-state index is 13.4. The van der Waals surface area contributed by atoms with Crippen LogP contribution in [0, 0.1) is 0 Å². The van der Waals surface area contributed by atoms with Crippen LogP contribution >= 0.6 is 0 Å². The van der Waals surface area contributed by atoms with Crippen molar-refractivity contribution in [3.05, 3.63) is 131 Å². The second-order valence-corrected chi connectivity index (χ2v) is 9.00. The molecule has 0 aliphatic carbocycles. The molecule has 2 aliphatic rings. The van der Waals surface area contributed by atoms with Gasteiger partial charge in [0, 0.05) is 46.7 Å². The minimum Gasteiger partial charge on any atom is -0.361 e. The Morgan fingerprint density at radius 2 is 0.861 bits per heavy atom. The van der Waals surface area contributed by atoms with Crippen LogP contribution in [0.1, 0.15) is 44.2 Å². The van der Waals surface area contributed by atoms with Crippen LogP contribution < -0.4 is 10.6 Å². The third-order valence-corrected chi connectivity index (χ3v) is 6.85. The summed E-state index contributed by atoms with van der Waals surface area (Å²) in [5, 5.41) is 7.04. The minimum atomic E-state index is -0.309. The molecule has 0 fully saturated rings. The number of carbonyl (C=O) groups is 2. The van der Waals surface area contributed by atoms with Gasteiger partial charge in [0.25, 0.3) is 11.8 Å². The number of hydrogen-bond acceptors (Lipinski definition) is 4. The Kier molecular flexibility index (Phi) is 5.62. The van der Waals surface area contributed by atoms with Crippen molar-refractivity contribution < 1.29 is 9.59 Å². The molecule has 178 valence electrons. The summed E-state index contributed by atoms with van der Waals surface area (Å²) in [6.45, 7) is 0.787. The van der Waals surface area contributed by atoms with E-state index in [0.29, 0.717) is 24.2 Å². The third-order valence-electron chi connectivity index (χ3n) is 6.85. The molecular formula is C30H26N4O2. The van der Waals surface area contributed by atoms with E-state index in [-0.39, 0.29) is 24.1 Å². The van der Waals surface area contributed by atoms with Crippen LogP contribution in [0.5, 0.6) is 0 Å². The predicted molar refractivity (Wildman–Crippen MR) is 141 cm³/mol. The van der Waals surface area contributed by atoms with E-state index in [4.69, 9.17) is 0 Å². The largest absolute Gasteiger partial charge is 0.361 e. The van der Waals surface area contributed by atoms with Crippen molar-refractivity contribution in [2.75, 3.05) is 23.7 Å². The first-order valence-electron chi connectivity index (χ1n) is 12.1. The molecule has 0 saturated carbocycles. The highest BCUT2D eigenvalue weighted by molar-refractivity contribution is 6.00. The number of para-hydroxylation sites is 2. The average molecular weight is 475 g/mol. The van der Waals surface area contributed by atoms with Gasteiger partial charge in [0.15, 0.2) is 0 Å². The number of rotatable bonds is 7. The normalized spacial score (nSPS) is 18.2. The second kappa shape index (κ2) is 9.23. The van der Waals surface area contributed by atoms with Crippen molar-refractivity contribution in [1.82, 2.24) is 9.80 Å². The molecule has 4 aromatic rings. The Hall–Kier alpha value is -4.58. The molecule has 6 nitrogen and oxygen atoms in total. The SMILES string of the molecule is O=C1c2ccccc2C(Nc2ccccc2)N1CCN1C(=O)c2ccccc2C1Nc1ccccc1. The number of hydrogen-bond donors (Lipinski definition) is 2. The van der Waals surface area contributed by atoms with Gasteiger partial charge in [-0.15, -0.1) is 0 Å². The molecule has 2 heterocycles. The predicted octanol–water partition coefficient (Wildman–Crippen LogP) is 5.52. The van der Waals surface area contributed by atoms with E-state index in [2.05, 4.69) is 10.6 Å². The van der Waals surface area contributed by atoms with E-state index in [0.717, 1.165) is 22.5 Å². The molecule has 6 rings (SSSR count). The summed E-state index contributed by atoms with van der Waals surface area (Å²) in [7, 11) is 0. The topological polar surface area (TPSA) is 64.7 Å². The molecule has 0 spiro atoms. The van der Waals surface area contributed by atoms with Gasteiger partial charge in [0.05, 0.1) is 0 Å². The fourth-order valence-electron chi connectivity index (χ4n) is 5.11. The first-order valence-corrected chi connectivity index (χ1v) is 12.1. The zero-order chi connectivity index (χ0) is 24.5. The lowest BCUT2D eigenvalue weighted by Crippen LogP contribution is -2.42. The van der Waals surface area contributed by atoms with Crippen molar-refractivity contribution >= 4 is 23.2 Å². The van der Waals surface area contributed by atoms with Gasteiger partial charge in [-0.2, -0.15) is 0 Å². The summed E-state index contributed by atoms with van der Waals surface area (Å²) < 4.78 is 0. The standard InChI is InChI=1S/C30H26N4O2/c35-29-25-17-9-7-15-23(25)27(31-21-11-3-1-4-12-21)33(29)19-20-34-28(32-22-13-5-2-6-14-22)24-16-8-10-18-26(24)30(34)36/h1-18,27-28,31-32H,19-20H2. The van der Waals surface area contributed by atoms with Gasteiger partial charge in [-0.1, -0.05) is 72.8 Å². The van der Waals surface area contributed by atoms with Gasteiger partial charge in [0.1, 0.15) is 12.3 Å². The van der Waals surface area contributed by atoms with Gasteiger partial charge < -0.3 is 20.4 Å². The van der Waals surface area contributed by atoms with E-state index < -0.39 is 0 Å². The molecule has 2 aliphatic heterocycles. The van der Waals surface area contributed by atoms with Gasteiger partial charge in [0.2, 0.25) is 0 Å². The molecule has 2 N–H and O–H groups in total. The number of fused-ring (bicyclic) bond motifs is 2. The van der Waals surface area contributed by atoms with Crippen LogP contribution in [0.3, 0.4) is 0 Å². The molecule has 0 saturated heterocycles. The zero-order valence-corrected chi connectivity index (χ0v) is 19.7. The Balaban J connectivity index is 1.28. The fourth-order valence-corrected chi connectivity index (χ4v) is 5.11. The number of amides is 2. The van der Waals surface area contributed by atoms with Crippen LogP contribution in [0.25, 0.3) is 0 Å². The molecule has 2 atom stereocenters. The van der Waals surface area contributed by atoms with Gasteiger partial charge in [-0.05, 0) is 36.4 Å². The van der Waals surface area contributed by atoms with E-state index in [9.17, 15) is 9.59 Å². The molecular weight excluding hydrogens is 448 g/mol. The monoisotopic (exact) mass is 474 g/mol. The maximum atomic E-state index is 13.4. The molecule has 6 heteroatoms. The highest BCUT2D eigenvalue weighted by atomic mass is 16.2. The lowest BCUT2D eigenvalue weighted by Gasteiger charge is -2.32. The highest BCUT2D eigenvalue weighted by Crippen LogP contribution is 2.37. The van der Waals surface area contributed by atoms with Gasteiger partial charge in [-0.25, -0.2) is 0 Å². The Labute approximate surface area is 210 Å². The second-order valence-electron chi connectivity index (χ2n) is 9.00. The molecule has 2 unspecified atom stereocenters. The number of anilines is 2. The Morgan fingerprint density at radius 1 is 0.500 bits per heavy atom. The molecule has 0 radical (unpaired) electrons. The van der Waals surface area contributed by atoms with Crippen molar-refractivity contribution in [1.29, 1.82) is 0 Å². The van der Waals surface area contributed by atoms with Crippen LogP contribution in [-0.2, 0) is 0 Å². The molecule has 0 aromatic heterocycles. The van der Waals surface area contributed by atoms with Gasteiger partial charge in [-0.3, -0.25) is 9.59 Å². The van der Waals surface area contributed by atoms with Crippen molar-refractivity contribution in [3.63, 3.8) is 0 Å². The summed E-state index contributed by atoms with van der Waals surface area (Å²) >= 11 is 0. The number of carbonyl (C=O) groups excluding carboxylic acids is 2. The molecule has 36 heavy (non-hydrogen) atoms. The quantitative estimate of drug-likeness (QED) is 0.370. The van der Waals surface area contributed by atoms with E-state index >= 15 is 0 Å². The minimum absolute atomic E-state index is 0.0317. The molecule has 0 bridgehead atoms. The number of nitrogens with zero attached hydrogens (tertiary/aromatic N) is 2. The lowest BCUT2D eigenvalue weighted by molar-refractivity contribution is 0.0634. The molecule has 2 amide bonds. The third kappa shape index (κ3) is 3.86. The average Bonchev–Trinajstić information content (AvgIpc) is 3.34. The van der Waals surface area contributed by atoms with E-state index in [1.807, 2.05) is 119 Å². The van der Waals surface area contributed by atoms with Crippen LogP contribution in [0.15, 0.2) is 109 Å². The van der Waals surface area contributed by atoms with Crippen LogP contribution in [0.2, 0.25) is 0 Å². The first kappa shape index (κ1) is 21.9. The number of benzene rings is 4. The van der Waals surface area contributed by atoms with E-state index in [1.165, 1.54) is 0 Å². The summed E-state index contributed by atoms with van der Waals surface area (Å²) in [6, 6.07) is 35.2. The van der Waals surface area contributed by atoms with E-state index in [1.54, 1.807) is 0 Å². The maximum Gasteiger partial charge on any atom is 0.256 e. The summed E-state index contributed by atoms with van der Waals surface area (Å²) in [6.07, 6.45) is -0.617. The highest BCUT2D eigenvalue weighted by Gasteiger charge is 2.40. The molecule has 4 aromatic carbocycles. The smallest absolute Gasteiger partial charge is 0.256 e.